The largest absolute Gasteiger partial charge is 0.204 e. The minimum Gasteiger partial charge on any atom is -0.164 e. The molecule has 2 aromatic rings. The molecule has 1 heterocycles. The minimum absolute atomic E-state index is 0.610. The van der Waals surface area contributed by atoms with Crippen LogP contribution in [0.15, 0.2) is 18.2 Å². The lowest BCUT2D eigenvalue weighted by Gasteiger charge is -1.98. The first-order valence-electron chi connectivity index (χ1n) is 4.75. The highest BCUT2D eigenvalue weighted by molar-refractivity contribution is 6.31. The van der Waals surface area contributed by atoms with Crippen LogP contribution in [0.1, 0.15) is 12.5 Å². The van der Waals surface area contributed by atoms with Crippen LogP contribution in [-0.4, -0.2) is 20.2 Å². The number of benzene rings is 1. The van der Waals surface area contributed by atoms with Gasteiger partial charge in [0.2, 0.25) is 5.82 Å². The summed E-state index contributed by atoms with van der Waals surface area (Å²) in [6.07, 6.45) is 0. The first-order chi connectivity index (χ1) is 7.20. The van der Waals surface area contributed by atoms with E-state index < -0.39 is 0 Å². The SMILES string of the molecule is CCn1nnc(-c2ccc(C)c(Cl)c2)n1. The van der Waals surface area contributed by atoms with Crippen molar-refractivity contribution in [3.63, 3.8) is 0 Å². The summed E-state index contributed by atoms with van der Waals surface area (Å²) < 4.78 is 0. The van der Waals surface area contributed by atoms with E-state index in [0.717, 1.165) is 16.1 Å². The number of hydrogen-bond acceptors (Lipinski definition) is 3. The molecule has 0 radical (unpaired) electrons. The van der Waals surface area contributed by atoms with Crippen LogP contribution < -0.4 is 0 Å². The van der Waals surface area contributed by atoms with Gasteiger partial charge in [-0.2, -0.15) is 4.80 Å². The Morgan fingerprint density at radius 1 is 1.40 bits per heavy atom. The highest BCUT2D eigenvalue weighted by atomic mass is 35.5. The lowest BCUT2D eigenvalue weighted by Crippen LogP contribution is -1.98. The Morgan fingerprint density at radius 2 is 2.20 bits per heavy atom. The lowest BCUT2D eigenvalue weighted by atomic mass is 10.1. The molecule has 0 amide bonds. The number of aryl methyl sites for hydroxylation is 2. The van der Waals surface area contributed by atoms with Crippen molar-refractivity contribution in [1.29, 1.82) is 0 Å². The number of halogens is 1. The second-order valence-electron chi connectivity index (χ2n) is 3.27. The maximum Gasteiger partial charge on any atom is 0.204 e. The topological polar surface area (TPSA) is 43.6 Å². The molecule has 0 N–H and O–H groups in total. The summed E-state index contributed by atoms with van der Waals surface area (Å²) in [6, 6.07) is 5.75. The summed E-state index contributed by atoms with van der Waals surface area (Å²) in [5, 5.41) is 12.8. The van der Waals surface area contributed by atoms with Gasteiger partial charge in [0.1, 0.15) is 0 Å². The van der Waals surface area contributed by atoms with Gasteiger partial charge in [-0.3, -0.25) is 0 Å². The maximum absolute atomic E-state index is 6.02. The fourth-order valence-electron chi connectivity index (χ4n) is 1.22. The van der Waals surface area contributed by atoms with E-state index in [-0.39, 0.29) is 0 Å². The third kappa shape index (κ3) is 1.99. The van der Waals surface area contributed by atoms with Crippen molar-refractivity contribution in [3.05, 3.63) is 28.8 Å². The predicted octanol–water partition coefficient (Wildman–Crippen LogP) is 2.32. The molecule has 0 saturated carbocycles. The summed E-state index contributed by atoms with van der Waals surface area (Å²) in [5.41, 5.74) is 1.94. The minimum atomic E-state index is 0.610. The summed E-state index contributed by atoms with van der Waals surface area (Å²) in [5.74, 6) is 0.610. The average molecular weight is 223 g/mol. The quantitative estimate of drug-likeness (QED) is 0.783. The van der Waals surface area contributed by atoms with E-state index in [0.29, 0.717) is 12.4 Å². The van der Waals surface area contributed by atoms with Crippen molar-refractivity contribution in [3.8, 4) is 11.4 Å². The lowest BCUT2D eigenvalue weighted by molar-refractivity contribution is 0.553. The molecule has 0 atom stereocenters. The monoisotopic (exact) mass is 222 g/mol. The van der Waals surface area contributed by atoms with E-state index in [1.54, 1.807) is 4.80 Å². The number of tetrazole rings is 1. The van der Waals surface area contributed by atoms with Crippen LogP contribution in [0.4, 0.5) is 0 Å². The van der Waals surface area contributed by atoms with Crippen LogP contribution in [0.2, 0.25) is 5.02 Å². The molecule has 0 spiro atoms. The van der Waals surface area contributed by atoms with Gasteiger partial charge in [-0.1, -0.05) is 23.7 Å². The van der Waals surface area contributed by atoms with Crippen molar-refractivity contribution >= 4 is 11.6 Å². The Kier molecular flexibility index (Phi) is 2.68. The van der Waals surface area contributed by atoms with E-state index in [2.05, 4.69) is 15.4 Å². The highest BCUT2D eigenvalue weighted by Crippen LogP contribution is 2.22. The second kappa shape index (κ2) is 3.98. The molecule has 0 aliphatic rings. The molecule has 0 bridgehead atoms. The van der Waals surface area contributed by atoms with Gasteiger partial charge in [-0.05, 0) is 30.7 Å². The highest BCUT2D eigenvalue weighted by Gasteiger charge is 2.06. The van der Waals surface area contributed by atoms with Crippen LogP contribution in [0, 0.1) is 6.92 Å². The van der Waals surface area contributed by atoms with Crippen molar-refractivity contribution in [1.82, 2.24) is 20.2 Å². The molecule has 0 fully saturated rings. The molecule has 2 rings (SSSR count). The Morgan fingerprint density at radius 3 is 2.80 bits per heavy atom. The van der Waals surface area contributed by atoms with Crippen molar-refractivity contribution in [2.24, 2.45) is 0 Å². The Labute approximate surface area is 92.9 Å². The molecule has 5 heteroatoms. The van der Waals surface area contributed by atoms with Gasteiger partial charge in [0.05, 0.1) is 6.54 Å². The third-order valence-corrected chi connectivity index (χ3v) is 2.57. The first kappa shape index (κ1) is 10.1. The normalized spacial score (nSPS) is 10.6. The first-order valence-corrected chi connectivity index (χ1v) is 5.13. The van der Waals surface area contributed by atoms with Crippen LogP contribution in [0.25, 0.3) is 11.4 Å². The van der Waals surface area contributed by atoms with Gasteiger partial charge in [0.25, 0.3) is 0 Å². The van der Waals surface area contributed by atoms with Crippen molar-refractivity contribution in [2.45, 2.75) is 20.4 Å². The van der Waals surface area contributed by atoms with Gasteiger partial charge >= 0.3 is 0 Å². The summed E-state index contributed by atoms with van der Waals surface area (Å²) in [4.78, 5) is 1.54. The molecule has 0 aliphatic carbocycles. The number of rotatable bonds is 2. The van der Waals surface area contributed by atoms with Crippen molar-refractivity contribution < 1.29 is 0 Å². The number of nitrogens with zero attached hydrogens (tertiary/aromatic N) is 4. The standard InChI is InChI=1S/C10H11ClN4/c1-3-15-13-10(12-14-15)8-5-4-7(2)9(11)6-8/h4-6H,3H2,1-2H3. The van der Waals surface area contributed by atoms with Gasteiger partial charge in [-0.25, -0.2) is 0 Å². The molecule has 1 aromatic carbocycles. The zero-order valence-corrected chi connectivity index (χ0v) is 9.36. The average Bonchev–Trinajstić information content (AvgIpc) is 2.70. The molecule has 15 heavy (non-hydrogen) atoms. The van der Waals surface area contributed by atoms with Gasteiger partial charge < -0.3 is 0 Å². The van der Waals surface area contributed by atoms with E-state index in [1.165, 1.54) is 0 Å². The molecule has 4 nitrogen and oxygen atoms in total. The smallest absolute Gasteiger partial charge is 0.164 e. The molecular weight excluding hydrogens is 212 g/mol. The van der Waals surface area contributed by atoms with Crippen LogP contribution in [0.5, 0.6) is 0 Å². The van der Waals surface area contributed by atoms with Crippen LogP contribution in [-0.2, 0) is 6.54 Å². The number of hydrogen-bond donors (Lipinski definition) is 0. The predicted molar refractivity (Wildman–Crippen MR) is 58.7 cm³/mol. The molecule has 1 aromatic heterocycles. The van der Waals surface area contributed by atoms with Crippen LogP contribution >= 0.6 is 11.6 Å². The molecule has 78 valence electrons. The zero-order valence-electron chi connectivity index (χ0n) is 8.61. The summed E-state index contributed by atoms with van der Waals surface area (Å²) in [7, 11) is 0. The summed E-state index contributed by atoms with van der Waals surface area (Å²) >= 11 is 6.02. The molecule has 0 aliphatic heterocycles. The molecule has 0 unspecified atom stereocenters. The Hall–Kier alpha value is -1.42. The molecular formula is C10H11ClN4. The van der Waals surface area contributed by atoms with E-state index >= 15 is 0 Å². The van der Waals surface area contributed by atoms with E-state index in [1.807, 2.05) is 32.0 Å². The maximum atomic E-state index is 6.02. The zero-order chi connectivity index (χ0) is 10.8. The fourth-order valence-corrected chi connectivity index (χ4v) is 1.41. The van der Waals surface area contributed by atoms with Gasteiger partial charge in [0, 0.05) is 10.6 Å². The summed E-state index contributed by atoms with van der Waals surface area (Å²) in [6.45, 7) is 4.64. The fraction of sp³-hybridized carbons (Fsp3) is 0.300. The second-order valence-corrected chi connectivity index (χ2v) is 3.67. The van der Waals surface area contributed by atoms with E-state index in [9.17, 15) is 0 Å². The third-order valence-electron chi connectivity index (χ3n) is 2.17. The van der Waals surface area contributed by atoms with Gasteiger partial charge in [-0.15, -0.1) is 10.2 Å². The number of aromatic nitrogens is 4. The van der Waals surface area contributed by atoms with Crippen molar-refractivity contribution in [2.75, 3.05) is 0 Å². The Balaban J connectivity index is 2.40. The van der Waals surface area contributed by atoms with Gasteiger partial charge in [0.15, 0.2) is 0 Å². The van der Waals surface area contributed by atoms with E-state index in [4.69, 9.17) is 11.6 Å². The van der Waals surface area contributed by atoms with Crippen LogP contribution in [0.3, 0.4) is 0 Å². The molecule has 0 saturated heterocycles. The Bertz CT molecular complexity index is 478.